The van der Waals surface area contributed by atoms with Gasteiger partial charge in [-0.3, -0.25) is 4.79 Å². The summed E-state index contributed by atoms with van der Waals surface area (Å²) in [4.78, 5) is 11.5. The van der Waals surface area contributed by atoms with E-state index in [4.69, 9.17) is 4.74 Å². The van der Waals surface area contributed by atoms with E-state index < -0.39 is 0 Å². The zero-order chi connectivity index (χ0) is 24.0. The van der Waals surface area contributed by atoms with Crippen LogP contribution in [0.3, 0.4) is 0 Å². The molecule has 0 radical (unpaired) electrons. The van der Waals surface area contributed by atoms with Crippen LogP contribution in [0.25, 0.3) is 5.57 Å². The van der Waals surface area contributed by atoms with Crippen LogP contribution in [0.1, 0.15) is 43.2 Å². The lowest BCUT2D eigenvalue weighted by atomic mass is 9.90. The van der Waals surface area contributed by atoms with Gasteiger partial charge in [-0.25, -0.2) is 0 Å². The van der Waals surface area contributed by atoms with Crippen LogP contribution in [0.5, 0.6) is 11.5 Å². The largest absolute Gasteiger partial charge is 0.508 e. The molecule has 0 aliphatic heterocycles. The Balaban J connectivity index is 0.000000541. The molecule has 4 heteroatoms. The number of esters is 1. The first-order valence-electron chi connectivity index (χ1n) is 10.9. The van der Waals surface area contributed by atoms with Crippen LogP contribution >= 0.6 is 0 Å². The van der Waals surface area contributed by atoms with Gasteiger partial charge in [0.2, 0.25) is 0 Å². The number of carbonyl (C=O) groups is 1. The highest BCUT2D eigenvalue weighted by atomic mass is 16.5. The van der Waals surface area contributed by atoms with E-state index in [0.29, 0.717) is 19.3 Å². The quantitative estimate of drug-likeness (QED) is 0.472. The molecule has 170 valence electrons. The van der Waals surface area contributed by atoms with Gasteiger partial charge in [-0.05, 0) is 94.5 Å². The molecule has 2 aliphatic carbocycles. The van der Waals surface area contributed by atoms with Gasteiger partial charge in [0, 0.05) is 6.42 Å². The number of phenols is 2. The van der Waals surface area contributed by atoms with Crippen molar-refractivity contribution in [3.8, 4) is 11.5 Å². The number of hydrogen-bond acceptors (Lipinski definition) is 4. The summed E-state index contributed by atoms with van der Waals surface area (Å²) in [6, 6.07) is 14.1. The molecule has 2 aromatic rings. The lowest BCUT2D eigenvalue weighted by Crippen LogP contribution is -2.00. The molecule has 2 aliphatic rings. The molecule has 2 aromatic carbocycles. The maximum absolute atomic E-state index is 11.5. The molecule has 0 spiro atoms. The van der Waals surface area contributed by atoms with Gasteiger partial charge in [0.05, 0.1) is 7.11 Å². The molecule has 0 bridgehead atoms. The van der Waals surface area contributed by atoms with Gasteiger partial charge in [-0.1, -0.05) is 50.1 Å². The molecule has 4 nitrogen and oxygen atoms in total. The van der Waals surface area contributed by atoms with E-state index in [2.05, 4.69) is 25.8 Å². The van der Waals surface area contributed by atoms with Gasteiger partial charge in [0.1, 0.15) is 11.5 Å². The molecule has 2 fully saturated rings. The SMILES string of the molecule is C=C1C/C1=C\C(CCCC(=O)OC)=C(c1ccc(O)cc1)c1ccc(O)cc1.C=C1CC1=C. The highest BCUT2D eigenvalue weighted by Crippen LogP contribution is 2.39. The van der Waals surface area contributed by atoms with E-state index in [1.165, 1.54) is 23.8 Å². The molecule has 0 heterocycles. The Morgan fingerprint density at radius 2 is 1.30 bits per heavy atom. The van der Waals surface area contributed by atoms with Crippen LogP contribution in [0.4, 0.5) is 0 Å². The van der Waals surface area contributed by atoms with Crippen molar-refractivity contribution >= 4 is 11.5 Å². The summed E-state index contributed by atoms with van der Waals surface area (Å²) >= 11 is 0. The van der Waals surface area contributed by atoms with Gasteiger partial charge in [-0.2, -0.15) is 0 Å². The standard InChI is InChI=1S/C24H24O4.C5H6/c1-16-14-20(16)15-19(4-3-5-23(27)28-2)24(17-6-10-21(25)11-7-17)18-8-12-22(26)13-9-18;1-4-3-5(4)2/h6-13,15,25-26H,1,3-5,14H2,2H3;1-3H2/b20-15+;. The Morgan fingerprint density at radius 3 is 1.67 bits per heavy atom. The van der Waals surface area contributed by atoms with Crippen molar-refractivity contribution in [2.24, 2.45) is 0 Å². The Hall–Kier alpha value is -3.79. The van der Waals surface area contributed by atoms with E-state index >= 15 is 0 Å². The lowest BCUT2D eigenvalue weighted by molar-refractivity contribution is -0.140. The van der Waals surface area contributed by atoms with Gasteiger partial charge >= 0.3 is 5.97 Å². The second kappa shape index (κ2) is 10.7. The van der Waals surface area contributed by atoms with Crippen LogP contribution in [0.2, 0.25) is 0 Å². The zero-order valence-electron chi connectivity index (χ0n) is 19.1. The predicted molar refractivity (Wildman–Crippen MR) is 133 cm³/mol. The van der Waals surface area contributed by atoms with Gasteiger partial charge in [0.15, 0.2) is 0 Å². The molecule has 0 aromatic heterocycles. The molecule has 2 N–H and O–H groups in total. The van der Waals surface area contributed by atoms with Gasteiger partial charge in [0.25, 0.3) is 0 Å². The molecule has 0 atom stereocenters. The number of allylic oxidation sites excluding steroid dienone is 6. The van der Waals surface area contributed by atoms with Crippen LogP contribution in [-0.2, 0) is 9.53 Å². The average molecular weight is 443 g/mol. The van der Waals surface area contributed by atoms with Crippen molar-refractivity contribution in [2.75, 3.05) is 7.11 Å². The first kappa shape index (κ1) is 23.9. The van der Waals surface area contributed by atoms with Gasteiger partial charge in [-0.15, -0.1) is 0 Å². The fraction of sp³-hybridized carbons (Fsp3) is 0.207. The van der Waals surface area contributed by atoms with Crippen LogP contribution in [0, 0.1) is 0 Å². The van der Waals surface area contributed by atoms with E-state index in [9.17, 15) is 15.0 Å². The first-order valence-corrected chi connectivity index (χ1v) is 10.9. The molecule has 0 amide bonds. The summed E-state index contributed by atoms with van der Waals surface area (Å²) in [5.74, 6) is 0.184. The maximum Gasteiger partial charge on any atom is 0.305 e. The minimum absolute atomic E-state index is 0.204. The number of aromatic hydroxyl groups is 2. The minimum atomic E-state index is -0.223. The molecule has 0 saturated heterocycles. The average Bonchev–Trinajstić information content (AvgIpc) is 3.69. The van der Waals surface area contributed by atoms with Crippen molar-refractivity contribution < 1.29 is 19.7 Å². The first-order chi connectivity index (χ1) is 15.8. The highest BCUT2D eigenvalue weighted by Gasteiger charge is 2.20. The predicted octanol–water partition coefficient (Wildman–Crippen LogP) is 6.63. The summed E-state index contributed by atoms with van der Waals surface area (Å²) < 4.78 is 4.76. The summed E-state index contributed by atoms with van der Waals surface area (Å²) in [5.41, 5.74) is 8.81. The number of rotatable bonds is 7. The van der Waals surface area contributed by atoms with Crippen molar-refractivity contribution in [1.82, 2.24) is 0 Å². The summed E-state index contributed by atoms with van der Waals surface area (Å²) in [6.07, 6.45) is 5.84. The Morgan fingerprint density at radius 1 is 0.848 bits per heavy atom. The van der Waals surface area contributed by atoms with Gasteiger partial charge < -0.3 is 14.9 Å². The second-order valence-electron chi connectivity index (χ2n) is 8.26. The highest BCUT2D eigenvalue weighted by molar-refractivity contribution is 5.84. The van der Waals surface area contributed by atoms with E-state index in [1.807, 2.05) is 24.3 Å². The van der Waals surface area contributed by atoms with Crippen LogP contribution in [0.15, 0.2) is 102 Å². The third kappa shape index (κ3) is 7.11. The molecule has 2 saturated carbocycles. The van der Waals surface area contributed by atoms with E-state index in [-0.39, 0.29) is 17.5 Å². The second-order valence-corrected chi connectivity index (χ2v) is 8.26. The molecular weight excluding hydrogens is 412 g/mol. The summed E-state index contributed by atoms with van der Waals surface area (Å²) in [6.45, 7) is 11.3. The molecule has 33 heavy (non-hydrogen) atoms. The molecular formula is C29H30O4. The Kier molecular flexibility index (Phi) is 7.73. The zero-order valence-corrected chi connectivity index (χ0v) is 19.1. The fourth-order valence-corrected chi connectivity index (χ4v) is 3.35. The monoisotopic (exact) mass is 442 g/mol. The third-order valence-corrected chi connectivity index (χ3v) is 5.57. The number of benzene rings is 2. The third-order valence-electron chi connectivity index (χ3n) is 5.57. The summed E-state index contributed by atoms with van der Waals surface area (Å²) in [5, 5.41) is 19.4. The van der Waals surface area contributed by atoms with Crippen LogP contribution in [-0.4, -0.2) is 23.3 Å². The fourth-order valence-electron chi connectivity index (χ4n) is 3.35. The number of hydrogen-bond donors (Lipinski definition) is 2. The maximum atomic E-state index is 11.5. The topological polar surface area (TPSA) is 66.8 Å². The number of phenolic OH excluding ortho intramolecular Hbond substituents is 2. The molecule has 0 unspecified atom stereocenters. The molecule has 4 rings (SSSR count). The Bertz CT molecular complexity index is 1070. The Labute approximate surface area is 195 Å². The summed E-state index contributed by atoms with van der Waals surface area (Å²) in [7, 11) is 1.40. The number of methoxy groups -OCH3 is 1. The van der Waals surface area contributed by atoms with E-state index in [1.54, 1.807) is 24.3 Å². The minimum Gasteiger partial charge on any atom is -0.508 e. The van der Waals surface area contributed by atoms with Crippen molar-refractivity contribution in [2.45, 2.75) is 32.1 Å². The van der Waals surface area contributed by atoms with Crippen LogP contribution < -0.4 is 0 Å². The van der Waals surface area contributed by atoms with Crippen molar-refractivity contribution in [3.63, 3.8) is 0 Å². The van der Waals surface area contributed by atoms with Crippen molar-refractivity contribution in [3.05, 3.63) is 113 Å². The number of carbonyl (C=O) groups excluding carboxylic acids is 1. The normalized spacial score (nSPS) is 14.9. The lowest BCUT2D eigenvalue weighted by Gasteiger charge is -2.15. The smallest absolute Gasteiger partial charge is 0.305 e. The number of ether oxygens (including phenoxy) is 1. The van der Waals surface area contributed by atoms with E-state index in [0.717, 1.165) is 40.7 Å². The van der Waals surface area contributed by atoms with Crippen molar-refractivity contribution in [1.29, 1.82) is 0 Å².